The third-order valence-corrected chi connectivity index (χ3v) is 5.92. The molecule has 2 amide bonds. The molecule has 2 aliphatic rings. The van der Waals surface area contributed by atoms with E-state index in [-0.39, 0.29) is 17.9 Å². The zero-order valence-electron chi connectivity index (χ0n) is 15.2. The van der Waals surface area contributed by atoms with Crippen molar-refractivity contribution in [3.63, 3.8) is 0 Å². The molecule has 1 aromatic heterocycles. The minimum absolute atomic E-state index is 0.0320. The number of anilines is 1. The Morgan fingerprint density at radius 1 is 1.35 bits per heavy atom. The van der Waals surface area contributed by atoms with Crippen LogP contribution in [0.5, 0.6) is 0 Å². The van der Waals surface area contributed by atoms with Crippen LogP contribution in [0.2, 0.25) is 0 Å². The van der Waals surface area contributed by atoms with Gasteiger partial charge < -0.3 is 9.64 Å². The average Bonchev–Trinajstić information content (AvgIpc) is 3.30. The number of hydrogen-bond donors (Lipinski definition) is 0. The van der Waals surface area contributed by atoms with E-state index in [4.69, 9.17) is 4.74 Å². The van der Waals surface area contributed by atoms with E-state index in [0.717, 1.165) is 50.0 Å². The molecule has 1 atom stereocenters. The molecular formula is C18H26N4O3S. The second-order valence-electron chi connectivity index (χ2n) is 6.90. The molecule has 8 heteroatoms. The Hall–Kier alpha value is -1.96. The molecule has 1 aliphatic heterocycles. The van der Waals surface area contributed by atoms with Gasteiger partial charge >= 0.3 is 12.0 Å². The van der Waals surface area contributed by atoms with Crippen molar-refractivity contribution in [1.82, 2.24) is 15.1 Å². The first kappa shape index (κ1) is 18.8. The lowest BCUT2D eigenvalue weighted by atomic mass is 10.1. The van der Waals surface area contributed by atoms with E-state index >= 15 is 0 Å². The summed E-state index contributed by atoms with van der Waals surface area (Å²) < 4.78 is 5.73. The van der Waals surface area contributed by atoms with Gasteiger partial charge in [-0.1, -0.05) is 30.3 Å². The van der Waals surface area contributed by atoms with E-state index in [9.17, 15) is 9.59 Å². The summed E-state index contributed by atoms with van der Waals surface area (Å²) in [5, 5.41) is 9.76. The smallest absolute Gasteiger partial charge is 0.329 e. The minimum atomic E-state index is -0.597. The zero-order chi connectivity index (χ0) is 18.5. The SMILES string of the molecule is C=CCCCc1nnc(N2C(=O)N(C)CCC2OC(=O)C2CCCC2)s1. The van der Waals surface area contributed by atoms with Crippen LogP contribution in [0.3, 0.4) is 0 Å². The van der Waals surface area contributed by atoms with E-state index in [1.165, 1.54) is 16.2 Å². The predicted octanol–water partition coefficient (Wildman–Crippen LogP) is 3.37. The molecule has 7 nitrogen and oxygen atoms in total. The lowest BCUT2D eigenvalue weighted by Gasteiger charge is -2.37. The van der Waals surface area contributed by atoms with Crippen LogP contribution in [-0.4, -0.2) is 46.9 Å². The number of esters is 1. The molecular weight excluding hydrogens is 352 g/mol. The Bertz CT molecular complexity index is 657. The second-order valence-corrected chi connectivity index (χ2v) is 7.94. The summed E-state index contributed by atoms with van der Waals surface area (Å²) in [7, 11) is 1.75. The van der Waals surface area contributed by atoms with E-state index in [2.05, 4.69) is 16.8 Å². The zero-order valence-corrected chi connectivity index (χ0v) is 16.0. The fourth-order valence-corrected chi connectivity index (χ4v) is 4.30. The van der Waals surface area contributed by atoms with Crippen LogP contribution in [0, 0.1) is 5.92 Å². The van der Waals surface area contributed by atoms with E-state index in [1.807, 2.05) is 6.08 Å². The molecule has 26 heavy (non-hydrogen) atoms. The first-order valence-corrected chi connectivity index (χ1v) is 10.1. The van der Waals surface area contributed by atoms with Gasteiger partial charge in [-0.2, -0.15) is 0 Å². The number of ether oxygens (including phenoxy) is 1. The fourth-order valence-electron chi connectivity index (χ4n) is 3.39. The number of aryl methyl sites for hydroxylation is 1. The number of rotatable bonds is 7. The standard InChI is InChI=1S/C18H26N4O3S/c1-3-4-5-10-14-19-20-17(26-14)22-15(11-12-21(2)18(22)24)25-16(23)13-8-6-7-9-13/h3,13,15H,1,4-12H2,2H3. The molecule has 3 rings (SSSR count). The summed E-state index contributed by atoms with van der Waals surface area (Å²) in [6.07, 6.45) is 8.43. The summed E-state index contributed by atoms with van der Waals surface area (Å²) in [6.45, 7) is 4.28. The number of nitrogens with zero attached hydrogens (tertiary/aromatic N) is 4. The molecule has 1 unspecified atom stereocenters. The summed E-state index contributed by atoms with van der Waals surface area (Å²) in [5.41, 5.74) is 0. The van der Waals surface area contributed by atoms with Gasteiger partial charge in [0.05, 0.1) is 5.92 Å². The number of amides is 2. The van der Waals surface area contributed by atoms with Crippen LogP contribution in [0.25, 0.3) is 0 Å². The van der Waals surface area contributed by atoms with Crippen molar-refractivity contribution < 1.29 is 14.3 Å². The molecule has 1 saturated carbocycles. The first-order chi connectivity index (χ1) is 12.6. The molecule has 0 N–H and O–H groups in total. The molecule has 0 bridgehead atoms. The normalized spacial score (nSPS) is 21.3. The maximum absolute atomic E-state index is 12.7. The van der Waals surface area contributed by atoms with Crippen LogP contribution >= 0.6 is 11.3 Å². The molecule has 0 aromatic carbocycles. The highest BCUT2D eigenvalue weighted by molar-refractivity contribution is 7.15. The van der Waals surface area contributed by atoms with Gasteiger partial charge in [-0.25, -0.2) is 9.69 Å². The van der Waals surface area contributed by atoms with Gasteiger partial charge in [0.2, 0.25) is 5.13 Å². The van der Waals surface area contributed by atoms with Crippen molar-refractivity contribution in [2.24, 2.45) is 5.92 Å². The minimum Gasteiger partial charge on any atom is -0.441 e. The molecule has 142 valence electrons. The van der Waals surface area contributed by atoms with Crippen LogP contribution in [0.1, 0.15) is 50.0 Å². The predicted molar refractivity (Wildman–Crippen MR) is 100 cm³/mol. The number of hydrogen-bond acceptors (Lipinski definition) is 6. The Labute approximate surface area is 158 Å². The molecule has 0 radical (unpaired) electrons. The van der Waals surface area contributed by atoms with Crippen molar-refractivity contribution in [2.45, 2.75) is 57.6 Å². The number of carbonyl (C=O) groups is 2. The number of unbranched alkanes of at least 4 members (excludes halogenated alkanes) is 1. The van der Waals surface area contributed by atoms with Gasteiger partial charge in [0.25, 0.3) is 0 Å². The van der Waals surface area contributed by atoms with Crippen LogP contribution in [0.4, 0.5) is 9.93 Å². The summed E-state index contributed by atoms with van der Waals surface area (Å²) in [4.78, 5) is 28.3. The third kappa shape index (κ3) is 4.23. The van der Waals surface area contributed by atoms with Crippen LogP contribution < -0.4 is 4.90 Å². The first-order valence-electron chi connectivity index (χ1n) is 9.28. The Kier molecular flexibility index (Phi) is 6.24. The van der Waals surface area contributed by atoms with Gasteiger partial charge in [-0.3, -0.25) is 4.79 Å². The molecule has 0 spiro atoms. The molecule has 1 aromatic rings. The number of allylic oxidation sites excluding steroid dienone is 1. The Morgan fingerprint density at radius 3 is 2.85 bits per heavy atom. The summed E-state index contributed by atoms with van der Waals surface area (Å²) in [5.74, 6) is -0.221. The average molecular weight is 378 g/mol. The lowest BCUT2D eigenvalue weighted by Crippen LogP contribution is -2.55. The van der Waals surface area contributed by atoms with Crippen molar-refractivity contribution in [3.8, 4) is 0 Å². The summed E-state index contributed by atoms with van der Waals surface area (Å²) in [6, 6.07) is -0.200. The Morgan fingerprint density at radius 2 is 2.12 bits per heavy atom. The van der Waals surface area contributed by atoms with Gasteiger partial charge in [-0.05, 0) is 25.7 Å². The van der Waals surface area contributed by atoms with E-state index < -0.39 is 6.23 Å². The van der Waals surface area contributed by atoms with Crippen LogP contribution in [-0.2, 0) is 16.0 Å². The van der Waals surface area contributed by atoms with Gasteiger partial charge in [0, 0.05) is 26.4 Å². The fraction of sp³-hybridized carbons (Fsp3) is 0.667. The highest BCUT2D eigenvalue weighted by atomic mass is 32.1. The maximum Gasteiger partial charge on any atom is 0.329 e. The number of carbonyl (C=O) groups excluding carboxylic acids is 2. The molecule has 2 heterocycles. The van der Waals surface area contributed by atoms with Crippen molar-refractivity contribution in [1.29, 1.82) is 0 Å². The van der Waals surface area contributed by atoms with E-state index in [1.54, 1.807) is 11.9 Å². The van der Waals surface area contributed by atoms with Crippen molar-refractivity contribution in [3.05, 3.63) is 17.7 Å². The molecule has 1 saturated heterocycles. The molecule has 2 fully saturated rings. The van der Waals surface area contributed by atoms with Gasteiger partial charge in [0.1, 0.15) is 5.01 Å². The largest absolute Gasteiger partial charge is 0.441 e. The Balaban J connectivity index is 1.72. The molecule has 1 aliphatic carbocycles. The highest BCUT2D eigenvalue weighted by Gasteiger charge is 2.38. The number of urea groups is 1. The topological polar surface area (TPSA) is 75.6 Å². The highest BCUT2D eigenvalue weighted by Crippen LogP contribution is 2.31. The second kappa shape index (κ2) is 8.62. The van der Waals surface area contributed by atoms with Crippen LogP contribution in [0.15, 0.2) is 12.7 Å². The third-order valence-electron chi connectivity index (χ3n) is 4.93. The summed E-state index contributed by atoms with van der Waals surface area (Å²) >= 11 is 1.39. The monoisotopic (exact) mass is 378 g/mol. The number of aromatic nitrogens is 2. The maximum atomic E-state index is 12.7. The van der Waals surface area contributed by atoms with Crippen molar-refractivity contribution >= 4 is 28.5 Å². The van der Waals surface area contributed by atoms with Gasteiger partial charge in [-0.15, -0.1) is 16.8 Å². The quantitative estimate of drug-likeness (QED) is 0.413. The van der Waals surface area contributed by atoms with Gasteiger partial charge in [0.15, 0.2) is 6.23 Å². The lowest BCUT2D eigenvalue weighted by molar-refractivity contribution is -0.154. The van der Waals surface area contributed by atoms with Crippen molar-refractivity contribution in [2.75, 3.05) is 18.5 Å². The van der Waals surface area contributed by atoms with E-state index in [0.29, 0.717) is 18.1 Å².